The number of aldehydes is 1. The fourth-order valence-corrected chi connectivity index (χ4v) is 4.56. The van der Waals surface area contributed by atoms with E-state index in [0.717, 1.165) is 41.3 Å². The minimum absolute atomic E-state index is 0.349. The summed E-state index contributed by atoms with van der Waals surface area (Å²) in [5.74, 6) is 0.734. The molecule has 12 nitrogen and oxygen atoms in total. The van der Waals surface area contributed by atoms with Crippen LogP contribution in [-0.4, -0.2) is 93.5 Å². The standard InChI is InChI=1S/C27H35N9O3/c28-8-2-9-30-25-6-5-20(14-32-25)23-7-10-31-27(34-23)33-21-4-1-3-19(13-21)15-35-11-12-36(22(17-37)18-38)24(16-35)26(29)39/h1,3-7,10,13-14,17,22,24,38H,2,8-9,11-12,15-16,18,28H2,(H2,29,39)(H,30,32)(H,31,33,34). The zero-order valence-corrected chi connectivity index (χ0v) is 21.7. The molecule has 0 aliphatic carbocycles. The number of carbonyl (C=O) groups is 2. The third-order valence-electron chi connectivity index (χ3n) is 6.60. The molecule has 206 valence electrons. The Hall–Kier alpha value is -3.97. The van der Waals surface area contributed by atoms with Crippen LogP contribution in [-0.2, 0) is 16.1 Å². The molecule has 12 heteroatoms. The van der Waals surface area contributed by atoms with Crippen molar-refractivity contribution in [3.8, 4) is 11.3 Å². The van der Waals surface area contributed by atoms with Crippen LogP contribution in [0.2, 0.25) is 0 Å². The minimum atomic E-state index is -0.736. The van der Waals surface area contributed by atoms with Gasteiger partial charge in [0.15, 0.2) is 0 Å². The molecule has 1 fully saturated rings. The number of nitrogens with one attached hydrogen (secondary N) is 2. The summed E-state index contributed by atoms with van der Waals surface area (Å²) < 4.78 is 0. The minimum Gasteiger partial charge on any atom is -0.394 e. The summed E-state index contributed by atoms with van der Waals surface area (Å²) in [7, 11) is 0. The van der Waals surface area contributed by atoms with Gasteiger partial charge in [-0.15, -0.1) is 0 Å². The Kier molecular flexibility index (Phi) is 9.86. The number of primary amides is 1. The van der Waals surface area contributed by atoms with E-state index in [2.05, 4.69) is 30.5 Å². The van der Waals surface area contributed by atoms with Crippen LogP contribution < -0.4 is 22.1 Å². The highest BCUT2D eigenvalue weighted by atomic mass is 16.3. The average molecular weight is 534 g/mol. The third kappa shape index (κ3) is 7.54. The second-order valence-corrected chi connectivity index (χ2v) is 9.37. The van der Waals surface area contributed by atoms with Crippen LogP contribution in [0, 0.1) is 0 Å². The van der Waals surface area contributed by atoms with Gasteiger partial charge in [-0.25, -0.2) is 15.0 Å². The molecule has 1 aromatic carbocycles. The molecule has 1 amide bonds. The number of amides is 1. The zero-order chi connectivity index (χ0) is 27.6. The third-order valence-corrected chi connectivity index (χ3v) is 6.60. The Morgan fingerprint density at radius 1 is 1.21 bits per heavy atom. The molecule has 3 heterocycles. The van der Waals surface area contributed by atoms with Gasteiger partial charge in [0.05, 0.1) is 18.3 Å². The molecule has 1 aliphatic rings. The van der Waals surface area contributed by atoms with E-state index in [1.807, 2.05) is 42.5 Å². The molecule has 0 saturated carbocycles. The quantitative estimate of drug-likeness (QED) is 0.153. The van der Waals surface area contributed by atoms with E-state index in [0.29, 0.717) is 45.0 Å². The lowest BCUT2D eigenvalue weighted by molar-refractivity contribution is -0.130. The average Bonchev–Trinajstić information content (AvgIpc) is 2.95. The van der Waals surface area contributed by atoms with Crippen LogP contribution in [0.3, 0.4) is 0 Å². The van der Waals surface area contributed by atoms with E-state index in [-0.39, 0.29) is 6.61 Å². The second kappa shape index (κ2) is 13.7. The number of anilines is 3. The number of hydrogen-bond acceptors (Lipinski definition) is 11. The summed E-state index contributed by atoms with van der Waals surface area (Å²) >= 11 is 0. The van der Waals surface area contributed by atoms with Crippen molar-refractivity contribution < 1.29 is 14.7 Å². The predicted octanol–water partition coefficient (Wildman–Crippen LogP) is 0.574. The van der Waals surface area contributed by atoms with Crippen LogP contribution >= 0.6 is 0 Å². The number of pyridine rings is 1. The summed E-state index contributed by atoms with van der Waals surface area (Å²) in [5, 5.41) is 16.0. The van der Waals surface area contributed by atoms with Crippen molar-refractivity contribution >= 4 is 29.6 Å². The molecule has 2 atom stereocenters. The van der Waals surface area contributed by atoms with Crippen molar-refractivity contribution in [3.63, 3.8) is 0 Å². The Morgan fingerprint density at radius 2 is 2.08 bits per heavy atom. The van der Waals surface area contributed by atoms with Gasteiger partial charge in [0.1, 0.15) is 18.1 Å². The van der Waals surface area contributed by atoms with Gasteiger partial charge in [-0.2, -0.15) is 0 Å². The van der Waals surface area contributed by atoms with Crippen molar-refractivity contribution in [2.75, 3.05) is 50.0 Å². The Bertz CT molecular complexity index is 1240. The summed E-state index contributed by atoms with van der Waals surface area (Å²) in [6.45, 7) is 3.11. The van der Waals surface area contributed by atoms with E-state index in [9.17, 15) is 14.7 Å². The summed E-state index contributed by atoms with van der Waals surface area (Å²) in [6, 6.07) is 12.2. The van der Waals surface area contributed by atoms with Crippen LogP contribution in [0.5, 0.6) is 0 Å². The van der Waals surface area contributed by atoms with Crippen LogP contribution in [0.25, 0.3) is 11.3 Å². The summed E-state index contributed by atoms with van der Waals surface area (Å²) in [6.07, 6.45) is 5.01. The Labute approximate surface area is 227 Å². The van der Waals surface area contributed by atoms with Crippen molar-refractivity contribution in [1.29, 1.82) is 0 Å². The first-order valence-electron chi connectivity index (χ1n) is 12.9. The molecule has 0 radical (unpaired) electrons. The molecule has 2 aromatic heterocycles. The van der Waals surface area contributed by atoms with Gasteiger partial charge in [0.2, 0.25) is 11.9 Å². The monoisotopic (exact) mass is 533 g/mol. The maximum Gasteiger partial charge on any atom is 0.236 e. The lowest BCUT2D eigenvalue weighted by Crippen LogP contribution is -2.61. The number of benzene rings is 1. The number of piperazine rings is 1. The normalized spacial score (nSPS) is 16.9. The van der Waals surface area contributed by atoms with E-state index in [1.54, 1.807) is 17.3 Å². The van der Waals surface area contributed by atoms with Crippen molar-refractivity contribution in [3.05, 3.63) is 60.4 Å². The molecule has 2 unspecified atom stereocenters. The molecule has 4 rings (SSSR count). The fraction of sp³-hybridized carbons (Fsp3) is 0.370. The van der Waals surface area contributed by atoms with Gasteiger partial charge < -0.3 is 32.0 Å². The molecule has 3 aromatic rings. The van der Waals surface area contributed by atoms with Gasteiger partial charge in [0.25, 0.3) is 0 Å². The lowest BCUT2D eigenvalue weighted by atomic mass is 10.1. The largest absolute Gasteiger partial charge is 0.394 e. The van der Waals surface area contributed by atoms with Crippen molar-refractivity contribution in [2.45, 2.75) is 25.0 Å². The number of aromatic nitrogens is 3. The molecular formula is C27H35N9O3. The summed E-state index contributed by atoms with van der Waals surface area (Å²) in [5.41, 5.74) is 14.6. The SMILES string of the molecule is NCCCNc1ccc(-c2ccnc(Nc3cccc(CN4CCN(C(C=O)CO)C(C(N)=O)C4)c3)n2)cn1. The molecule has 0 bridgehead atoms. The first-order chi connectivity index (χ1) is 19.0. The molecule has 0 spiro atoms. The van der Waals surface area contributed by atoms with E-state index in [4.69, 9.17) is 11.5 Å². The Morgan fingerprint density at radius 3 is 2.79 bits per heavy atom. The molecule has 1 aliphatic heterocycles. The lowest BCUT2D eigenvalue weighted by Gasteiger charge is -2.41. The van der Waals surface area contributed by atoms with E-state index < -0.39 is 18.0 Å². The fourth-order valence-electron chi connectivity index (χ4n) is 4.56. The topological polar surface area (TPSA) is 176 Å². The number of rotatable bonds is 13. The van der Waals surface area contributed by atoms with E-state index >= 15 is 0 Å². The highest BCUT2D eigenvalue weighted by molar-refractivity contribution is 5.81. The van der Waals surface area contributed by atoms with E-state index in [1.165, 1.54) is 0 Å². The molecule has 7 N–H and O–H groups in total. The van der Waals surface area contributed by atoms with Gasteiger partial charge >= 0.3 is 0 Å². The first-order valence-corrected chi connectivity index (χ1v) is 12.9. The number of carbonyl (C=O) groups excluding carboxylic acids is 2. The number of hydrogen-bond donors (Lipinski definition) is 5. The smallest absolute Gasteiger partial charge is 0.236 e. The zero-order valence-electron chi connectivity index (χ0n) is 21.7. The van der Waals surface area contributed by atoms with Gasteiger partial charge in [-0.3, -0.25) is 14.6 Å². The second-order valence-electron chi connectivity index (χ2n) is 9.37. The Balaban J connectivity index is 1.39. The summed E-state index contributed by atoms with van der Waals surface area (Å²) in [4.78, 5) is 40.6. The van der Waals surface area contributed by atoms with Crippen LogP contribution in [0.1, 0.15) is 12.0 Å². The van der Waals surface area contributed by atoms with Gasteiger partial charge in [0, 0.05) is 56.4 Å². The van der Waals surface area contributed by atoms with Crippen molar-refractivity contribution in [1.82, 2.24) is 24.8 Å². The number of aliphatic hydroxyl groups is 1. The van der Waals surface area contributed by atoms with Gasteiger partial charge in [-0.05, 0) is 48.9 Å². The number of nitrogens with two attached hydrogens (primary N) is 2. The molecule has 39 heavy (non-hydrogen) atoms. The molecular weight excluding hydrogens is 498 g/mol. The molecule has 1 saturated heterocycles. The number of nitrogens with zero attached hydrogens (tertiary/aromatic N) is 5. The maximum absolute atomic E-state index is 12.1. The highest BCUT2D eigenvalue weighted by Gasteiger charge is 2.35. The maximum atomic E-state index is 12.1. The van der Waals surface area contributed by atoms with Crippen molar-refractivity contribution in [2.24, 2.45) is 11.5 Å². The number of aliphatic hydroxyl groups excluding tert-OH is 1. The first kappa shape index (κ1) is 28.0. The predicted molar refractivity (Wildman–Crippen MR) is 149 cm³/mol. The van der Waals surface area contributed by atoms with Crippen LogP contribution in [0.15, 0.2) is 54.9 Å². The van der Waals surface area contributed by atoms with Gasteiger partial charge in [-0.1, -0.05) is 12.1 Å². The highest BCUT2D eigenvalue weighted by Crippen LogP contribution is 2.22. The van der Waals surface area contributed by atoms with Crippen LogP contribution in [0.4, 0.5) is 17.5 Å².